The lowest BCUT2D eigenvalue weighted by molar-refractivity contribution is -0.138. The Bertz CT molecular complexity index is 1280. The van der Waals surface area contributed by atoms with Gasteiger partial charge in [-0.05, 0) is 25.1 Å². The van der Waals surface area contributed by atoms with Crippen LogP contribution in [-0.2, 0) is 16.0 Å². The van der Waals surface area contributed by atoms with Gasteiger partial charge in [-0.1, -0.05) is 12.1 Å². The van der Waals surface area contributed by atoms with Crippen LogP contribution >= 0.6 is 0 Å². The van der Waals surface area contributed by atoms with Crippen LogP contribution in [-0.4, -0.2) is 55.8 Å². The van der Waals surface area contributed by atoms with Crippen LogP contribution < -0.4 is 10.2 Å². The number of aliphatic carboxylic acids is 1. The maximum absolute atomic E-state index is 12.4. The molecule has 0 radical (unpaired) electrons. The molecule has 0 unspecified atom stereocenters. The summed E-state index contributed by atoms with van der Waals surface area (Å²) in [6, 6.07) is 8.05. The van der Waals surface area contributed by atoms with Crippen LogP contribution in [0.2, 0.25) is 0 Å². The van der Waals surface area contributed by atoms with Gasteiger partial charge in [0.15, 0.2) is 11.4 Å². The van der Waals surface area contributed by atoms with E-state index in [4.69, 9.17) is 4.42 Å². The molecule has 1 aliphatic heterocycles. The number of rotatable bonds is 5. The number of amides is 1. The second kappa shape index (κ2) is 7.38. The van der Waals surface area contributed by atoms with Gasteiger partial charge in [0, 0.05) is 30.6 Å². The summed E-state index contributed by atoms with van der Waals surface area (Å²) in [5, 5.41) is 20.3. The zero-order valence-electron chi connectivity index (χ0n) is 16.7. The molecule has 1 aliphatic rings. The second-order valence-electron chi connectivity index (χ2n) is 7.62. The van der Waals surface area contributed by atoms with Crippen molar-refractivity contribution in [1.82, 2.24) is 25.5 Å². The minimum atomic E-state index is -0.982. The maximum Gasteiger partial charge on any atom is 0.326 e. The highest BCUT2D eigenvalue weighted by molar-refractivity contribution is 6.06. The number of fused-ring (bicyclic) bond motifs is 3. The van der Waals surface area contributed by atoms with Crippen molar-refractivity contribution >= 4 is 39.8 Å². The third-order valence-electron chi connectivity index (χ3n) is 5.44. The van der Waals surface area contributed by atoms with Gasteiger partial charge in [-0.25, -0.2) is 14.8 Å². The van der Waals surface area contributed by atoms with Crippen molar-refractivity contribution in [2.75, 3.05) is 11.4 Å². The van der Waals surface area contributed by atoms with Gasteiger partial charge < -0.3 is 19.7 Å². The van der Waals surface area contributed by atoms with Crippen molar-refractivity contribution < 1.29 is 19.1 Å². The van der Waals surface area contributed by atoms with E-state index in [1.807, 2.05) is 24.3 Å². The Morgan fingerprint density at radius 2 is 2.13 bits per heavy atom. The number of aryl methyl sites for hydroxylation is 1. The monoisotopic (exact) mass is 420 g/mol. The largest absolute Gasteiger partial charge is 0.480 e. The second-order valence-corrected chi connectivity index (χ2v) is 7.62. The number of carbonyl (C=O) groups is 2. The highest BCUT2D eigenvalue weighted by Gasteiger charge is 2.40. The first-order valence-electron chi connectivity index (χ1n) is 9.93. The molecule has 0 saturated carbocycles. The molecule has 1 fully saturated rings. The minimum Gasteiger partial charge on any atom is -0.480 e. The van der Waals surface area contributed by atoms with Crippen molar-refractivity contribution in [3.05, 3.63) is 48.0 Å². The zero-order valence-corrected chi connectivity index (χ0v) is 16.7. The predicted molar refractivity (Wildman–Crippen MR) is 112 cm³/mol. The summed E-state index contributed by atoms with van der Waals surface area (Å²) in [6.45, 7) is 2.06. The molecule has 0 aliphatic carbocycles. The number of carbonyl (C=O) groups excluding carboxylic acids is 1. The van der Waals surface area contributed by atoms with Gasteiger partial charge in [0.25, 0.3) is 0 Å². The van der Waals surface area contributed by atoms with Crippen LogP contribution in [0, 0.1) is 6.92 Å². The lowest BCUT2D eigenvalue weighted by atomic mass is 10.1. The average Bonchev–Trinajstić information content (AvgIpc) is 3.46. The number of benzene rings is 1. The summed E-state index contributed by atoms with van der Waals surface area (Å²) in [6.07, 6.45) is 2.03. The van der Waals surface area contributed by atoms with Crippen LogP contribution in [0.25, 0.3) is 22.1 Å². The molecular weight excluding hydrogens is 400 g/mol. The summed E-state index contributed by atoms with van der Waals surface area (Å²) < 4.78 is 6.01. The number of furan rings is 1. The molecule has 3 aromatic heterocycles. The topological polar surface area (TPSA) is 137 Å². The average molecular weight is 420 g/mol. The van der Waals surface area contributed by atoms with Crippen LogP contribution in [0.5, 0.6) is 0 Å². The van der Waals surface area contributed by atoms with E-state index in [9.17, 15) is 14.7 Å². The first kappa shape index (κ1) is 19.0. The SMILES string of the molecule is Cc1nc(N2C[C@@H](NC(=O)Cc3cc[nH]n3)C[C@H]2C(=O)O)c2oc3ccccc3c2n1. The Balaban J connectivity index is 1.47. The summed E-state index contributed by atoms with van der Waals surface area (Å²) in [5.41, 5.74) is 2.38. The smallest absolute Gasteiger partial charge is 0.326 e. The minimum absolute atomic E-state index is 0.123. The number of hydrogen-bond donors (Lipinski definition) is 3. The number of aromatic amines is 1. The van der Waals surface area contributed by atoms with Crippen LogP contribution in [0.4, 0.5) is 5.82 Å². The van der Waals surface area contributed by atoms with Crippen LogP contribution in [0.3, 0.4) is 0 Å². The molecule has 5 rings (SSSR count). The molecule has 1 saturated heterocycles. The van der Waals surface area contributed by atoms with Crippen molar-refractivity contribution in [3.63, 3.8) is 0 Å². The summed E-state index contributed by atoms with van der Waals surface area (Å²) in [7, 11) is 0. The molecule has 0 spiro atoms. The number of carboxylic acid groups (broad SMARTS) is 1. The van der Waals surface area contributed by atoms with Gasteiger partial charge in [0.2, 0.25) is 5.91 Å². The Hall–Kier alpha value is -3.95. The first-order chi connectivity index (χ1) is 15.0. The highest BCUT2D eigenvalue weighted by Crippen LogP contribution is 2.35. The third-order valence-corrected chi connectivity index (χ3v) is 5.44. The van der Waals surface area contributed by atoms with Gasteiger partial charge in [-0.15, -0.1) is 0 Å². The Morgan fingerprint density at radius 3 is 2.90 bits per heavy atom. The number of carboxylic acids is 1. The standard InChI is InChI=1S/C21H20N6O4/c1-11-23-18-14-4-2-3-5-16(14)31-19(18)20(24-11)27-10-13(8-15(27)21(29)30)25-17(28)9-12-6-7-22-26-12/h2-7,13,15H,8-10H2,1H3,(H,22,26)(H,25,28)(H,29,30)/t13-,15-/m0/s1. The van der Waals surface area contributed by atoms with Crippen molar-refractivity contribution in [2.45, 2.75) is 31.8 Å². The van der Waals surface area contributed by atoms with E-state index in [0.717, 1.165) is 5.39 Å². The lowest BCUT2D eigenvalue weighted by Crippen LogP contribution is -2.39. The van der Waals surface area contributed by atoms with Gasteiger partial charge in [0.05, 0.1) is 12.1 Å². The molecule has 10 nitrogen and oxygen atoms in total. The van der Waals surface area contributed by atoms with Crippen LogP contribution in [0.1, 0.15) is 17.9 Å². The molecule has 1 amide bonds. The summed E-state index contributed by atoms with van der Waals surface area (Å²) in [5.74, 6) is -0.250. The van der Waals surface area contributed by atoms with E-state index in [1.54, 1.807) is 24.1 Å². The van der Waals surface area contributed by atoms with Crippen molar-refractivity contribution in [3.8, 4) is 0 Å². The maximum atomic E-state index is 12.4. The molecule has 2 atom stereocenters. The molecule has 158 valence electrons. The zero-order chi connectivity index (χ0) is 21.5. The number of aromatic nitrogens is 4. The number of H-pyrrole nitrogens is 1. The normalized spacial score (nSPS) is 18.7. The lowest BCUT2D eigenvalue weighted by Gasteiger charge is -2.22. The Kier molecular flexibility index (Phi) is 4.54. The van der Waals surface area contributed by atoms with Crippen molar-refractivity contribution in [1.29, 1.82) is 0 Å². The van der Waals surface area contributed by atoms with Gasteiger partial charge in [-0.2, -0.15) is 5.10 Å². The number of anilines is 1. The Morgan fingerprint density at radius 1 is 1.29 bits per heavy atom. The molecule has 4 heterocycles. The molecule has 31 heavy (non-hydrogen) atoms. The van der Waals surface area contributed by atoms with Gasteiger partial charge >= 0.3 is 5.97 Å². The molecule has 10 heteroatoms. The van der Waals surface area contributed by atoms with E-state index in [0.29, 0.717) is 40.6 Å². The fraction of sp³-hybridized carbons (Fsp3) is 0.286. The molecule has 3 N–H and O–H groups in total. The number of para-hydroxylation sites is 1. The van der Waals surface area contributed by atoms with Crippen LogP contribution in [0.15, 0.2) is 40.9 Å². The number of nitrogens with zero attached hydrogens (tertiary/aromatic N) is 4. The Labute approximate surface area is 176 Å². The third kappa shape index (κ3) is 3.45. The van der Waals surface area contributed by atoms with Gasteiger partial charge in [0.1, 0.15) is 23.0 Å². The van der Waals surface area contributed by atoms with E-state index in [2.05, 4.69) is 25.5 Å². The molecule has 4 aromatic rings. The highest BCUT2D eigenvalue weighted by atomic mass is 16.4. The molecule has 0 bridgehead atoms. The summed E-state index contributed by atoms with van der Waals surface area (Å²) in [4.78, 5) is 35.1. The van der Waals surface area contributed by atoms with Crippen molar-refractivity contribution in [2.24, 2.45) is 0 Å². The first-order valence-corrected chi connectivity index (χ1v) is 9.93. The van der Waals surface area contributed by atoms with E-state index >= 15 is 0 Å². The van der Waals surface area contributed by atoms with Gasteiger partial charge in [-0.3, -0.25) is 9.89 Å². The summed E-state index contributed by atoms with van der Waals surface area (Å²) >= 11 is 0. The number of hydrogen-bond acceptors (Lipinski definition) is 7. The van der Waals surface area contributed by atoms with E-state index < -0.39 is 12.0 Å². The predicted octanol–water partition coefficient (Wildman–Crippen LogP) is 1.80. The molecule has 1 aromatic carbocycles. The molecular formula is C21H20N6O4. The fourth-order valence-electron chi connectivity index (χ4n) is 4.12. The fourth-order valence-corrected chi connectivity index (χ4v) is 4.12. The van der Waals surface area contributed by atoms with E-state index in [-0.39, 0.29) is 24.8 Å². The quantitative estimate of drug-likeness (QED) is 0.444. The number of nitrogens with one attached hydrogen (secondary N) is 2. The van der Waals surface area contributed by atoms with E-state index in [1.165, 1.54) is 0 Å².